The summed E-state index contributed by atoms with van der Waals surface area (Å²) in [5.74, 6) is -0.235. The second kappa shape index (κ2) is 11.9. The van der Waals surface area contributed by atoms with Crippen LogP contribution in [-0.4, -0.2) is 73.2 Å². The lowest BCUT2D eigenvalue weighted by Gasteiger charge is -2.26. The van der Waals surface area contributed by atoms with Crippen molar-refractivity contribution < 1.29 is 28.2 Å². The van der Waals surface area contributed by atoms with Crippen LogP contribution in [0.15, 0.2) is 36.7 Å². The number of amides is 1. The third-order valence-corrected chi connectivity index (χ3v) is 6.01. The smallest absolute Gasteiger partial charge is 0.290 e. The van der Waals surface area contributed by atoms with Gasteiger partial charge in [-0.2, -0.15) is 0 Å². The number of benzene rings is 1. The Bertz CT molecular complexity index is 1490. The number of aromatic nitrogens is 5. The van der Waals surface area contributed by atoms with Gasteiger partial charge in [0.15, 0.2) is 11.6 Å². The summed E-state index contributed by atoms with van der Waals surface area (Å²) < 4.78 is 36.8. The summed E-state index contributed by atoms with van der Waals surface area (Å²) in [5, 5.41) is 9.81. The Morgan fingerprint density at radius 1 is 1.10 bits per heavy atom. The molecular weight excluding hydrogens is 512 g/mol. The molecule has 4 aromatic rings. The number of pyridine rings is 1. The molecular formula is C26H27F2N7O4. The van der Waals surface area contributed by atoms with Crippen LogP contribution in [0.4, 0.5) is 20.5 Å². The lowest BCUT2D eigenvalue weighted by Crippen LogP contribution is -2.40. The zero-order valence-electron chi connectivity index (χ0n) is 21.6. The Balaban J connectivity index is 0.00000112. The van der Waals surface area contributed by atoms with Gasteiger partial charge in [0.2, 0.25) is 5.95 Å². The molecule has 0 atom stereocenters. The van der Waals surface area contributed by atoms with Gasteiger partial charge in [-0.15, -0.1) is 0 Å². The third kappa shape index (κ3) is 5.98. The number of halogens is 2. The maximum atomic E-state index is 14.9. The minimum absolute atomic E-state index is 0.0429. The van der Waals surface area contributed by atoms with Crippen LogP contribution in [0.25, 0.3) is 22.3 Å². The molecule has 0 unspecified atom stereocenters. The van der Waals surface area contributed by atoms with Crippen molar-refractivity contribution in [3.8, 4) is 11.3 Å². The Kier molecular flexibility index (Phi) is 8.39. The fraction of sp³-hybridized carbons (Fsp3) is 0.308. The van der Waals surface area contributed by atoms with E-state index in [0.717, 1.165) is 6.20 Å². The van der Waals surface area contributed by atoms with Crippen LogP contribution in [0.3, 0.4) is 0 Å². The maximum Gasteiger partial charge on any atom is 0.290 e. The molecule has 204 valence electrons. The molecule has 1 aromatic carbocycles. The first-order valence-corrected chi connectivity index (χ1v) is 12.1. The number of ether oxygens (including phenoxy) is 1. The number of anilines is 2. The van der Waals surface area contributed by atoms with Crippen LogP contribution in [0.2, 0.25) is 0 Å². The topological polar surface area (TPSA) is 135 Å². The summed E-state index contributed by atoms with van der Waals surface area (Å²) in [4.78, 5) is 39.5. The van der Waals surface area contributed by atoms with Crippen LogP contribution < -0.4 is 5.32 Å². The van der Waals surface area contributed by atoms with E-state index in [9.17, 15) is 13.6 Å². The lowest BCUT2D eigenvalue weighted by atomic mass is 10.1. The molecule has 0 radical (unpaired) electrons. The van der Waals surface area contributed by atoms with Crippen LogP contribution in [0, 0.1) is 18.6 Å². The monoisotopic (exact) mass is 539 g/mol. The van der Waals surface area contributed by atoms with Gasteiger partial charge in [0.05, 0.1) is 30.5 Å². The van der Waals surface area contributed by atoms with Crippen LogP contribution in [0.5, 0.6) is 0 Å². The van der Waals surface area contributed by atoms with Crippen LogP contribution >= 0.6 is 0 Å². The van der Waals surface area contributed by atoms with E-state index >= 15 is 0 Å². The third-order valence-electron chi connectivity index (χ3n) is 6.01. The average Bonchev–Trinajstić information content (AvgIpc) is 3.27. The van der Waals surface area contributed by atoms with Gasteiger partial charge in [-0.05, 0) is 45.0 Å². The van der Waals surface area contributed by atoms with Gasteiger partial charge < -0.3 is 24.6 Å². The van der Waals surface area contributed by atoms with Crippen molar-refractivity contribution in [1.29, 1.82) is 0 Å². The summed E-state index contributed by atoms with van der Waals surface area (Å²) in [6.45, 7) is 7.60. The Labute approximate surface area is 222 Å². The average molecular weight is 540 g/mol. The number of morpholine rings is 1. The number of carbonyl (C=O) groups excluding carboxylic acids is 1. The van der Waals surface area contributed by atoms with Crippen molar-refractivity contribution >= 4 is 35.2 Å². The standard InChI is InChI=1S/C25H25F2N7O2.CH2O2/c1-14(2)34-15(3)30-23-18(26)10-17(11-20(23)34)22-19(27)13-29-25(32-22)31-21-5-4-16(12-28-21)24(35)33-6-8-36-9-7-33;2-1-3/h4-5,10-14H,6-9H2,1-3H3,(H,28,29,31,32);1H,(H,2,3). The molecule has 4 heterocycles. The van der Waals surface area contributed by atoms with Gasteiger partial charge in [-0.25, -0.2) is 28.7 Å². The number of fused-ring (bicyclic) bond motifs is 1. The zero-order valence-corrected chi connectivity index (χ0v) is 21.6. The number of rotatable bonds is 5. The first kappa shape index (κ1) is 27.5. The van der Waals surface area contributed by atoms with E-state index in [-0.39, 0.29) is 41.1 Å². The fourth-order valence-electron chi connectivity index (χ4n) is 4.35. The molecule has 1 saturated heterocycles. The number of nitrogens with zero attached hydrogens (tertiary/aromatic N) is 6. The summed E-state index contributed by atoms with van der Waals surface area (Å²) >= 11 is 0. The van der Waals surface area contributed by atoms with Crippen molar-refractivity contribution in [3.05, 3.63) is 59.7 Å². The highest BCUT2D eigenvalue weighted by molar-refractivity contribution is 5.94. The summed E-state index contributed by atoms with van der Waals surface area (Å²) in [6, 6.07) is 6.21. The molecule has 3 aromatic heterocycles. The van der Waals surface area contributed by atoms with Crippen molar-refractivity contribution in [2.24, 2.45) is 0 Å². The molecule has 13 heteroatoms. The number of hydrogen-bond acceptors (Lipinski definition) is 8. The van der Waals surface area contributed by atoms with E-state index in [1.54, 1.807) is 30.0 Å². The van der Waals surface area contributed by atoms with Gasteiger partial charge in [-0.1, -0.05) is 0 Å². The Hall–Kier alpha value is -4.52. The predicted molar refractivity (Wildman–Crippen MR) is 139 cm³/mol. The first-order chi connectivity index (χ1) is 18.7. The summed E-state index contributed by atoms with van der Waals surface area (Å²) in [5.41, 5.74) is 1.45. The van der Waals surface area contributed by atoms with E-state index in [1.807, 2.05) is 18.4 Å². The van der Waals surface area contributed by atoms with Gasteiger partial charge in [0.1, 0.15) is 22.9 Å². The number of aryl methyl sites for hydroxylation is 1. The van der Waals surface area contributed by atoms with Crippen molar-refractivity contribution in [2.75, 3.05) is 31.6 Å². The molecule has 0 spiro atoms. The van der Waals surface area contributed by atoms with Gasteiger partial charge in [0.25, 0.3) is 12.4 Å². The number of carboxylic acid groups (broad SMARTS) is 1. The highest BCUT2D eigenvalue weighted by atomic mass is 19.1. The number of carbonyl (C=O) groups is 2. The first-order valence-electron chi connectivity index (χ1n) is 12.1. The van der Waals surface area contributed by atoms with Gasteiger partial charge in [-0.3, -0.25) is 9.59 Å². The van der Waals surface area contributed by atoms with E-state index in [0.29, 0.717) is 49.0 Å². The number of imidazole rings is 1. The fourth-order valence-corrected chi connectivity index (χ4v) is 4.35. The van der Waals surface area contributed by atoms with Crippen molar-refractivity contribution in [1.82, 2.24) is 29.4 Å². The number of nitrogens with one attached hydrogen (secondary N) is 1. The maximum absolute atomic E-state index is 14.9. The minimum Gasteiger partial charge on any atom is -0.483 e. The highest BCUT2D eigenvalue weighted by Crippen LogP contribution is 2.30. The quantitative estimate of drug-likeness (QED) is 0.361. The Morgan fingerprint density at radius 2 is 1.82 bits per heavy atom. The number of hydrogen-bond donors (Lipinski definition) is 2. The molecule has 1 aliphatic heterocycles. The molecule has 1 amide bonds. The normalized spacial score (nSPS) is 13.2. The largest absolute Gasteiger partial charge is 0.483 e. The van der Waals surface area contributed by atoms with Crippen molar-refractivity contribution in [3.63, 3.8) is 0 Å². The molecule has 1 aliphatic rings. The SMILES string of the molecule is Cc1nc2c(F)cc(-c3nc(Nc4ccc(C(=O)N5CCOCC5)cn4)ncc3F)cc2n1C(C)C.O=CO. The molecule has 0 aliphatic carbocycles. The summed E-state index contributed by atoms with van der Waals surface area (Å²) in [6.07, 6.45) is 2.48. The molecule has 0 saturated carbocycles. The van der Waals surface area contributed by atoms with Crippen LogP contribution in [-0.2, 0) is 9.53 Å². The molecule has 2 N–H and O–H groups in total. The second-order valence-corrected chi connectivity index (χ2v) is 8.91. The van der Waals surface area contributed by atoms with E-state index < -0.39 is 11.6 Å². The van der Waals surface area contributed by atoms with E-state index in [1.165, 1.54) is 12.3 Å². The Morgan fingerprint density at radius 3 is 2.46 bits per heavy atom. The molecule has 5 rings (SSSR count). The molecule has 39 heavy (non-hydrogen) atoms. The molecule has 1 fully saturated rings. The molecule has 11 nitrogen and oxygen atoms in total. The second-order valence-electron chi connectivity index (χ2n) is 8.91. The van der Waals surface area contributed by atoms with Crippen molar-refractivity contribution in [2.45, 2.75) is 26.8 Å². The van der Waals surface area contributed by atoms with Gasteiger partial charge in [0, 0.05) is 30.9 Å². The van der Waals surface area contributed by atoms with E-state index in [2.05, 4.69) is 25.3 Å². The van der Waals surface area contributed by atoms with E-state index in [4.69, 9.17) is 14.6 Å². The predicted octanol–water partition coefficient (Wildman–Crippen LogP) is 3.97. The molecule has 0 bridgehead atoms. The summed E-state index contributed by atoms with van der Waals surface area (Å²) in [7, 11) is 0. The lowest BCUT2D eigenvalue weighted by molar-refractivity contribution is -0.122. The highest BCUT2D eigenvalue weighted by Gasteiger charge is 2.20. The van der Waals surface area contributed by atoms with Gasteiger partial charge >= 0.3 is 0 Å². The van der Waals surface area contributed by atoms with Crippen LogP contribution in [0.1, 0.15) is 36.1 Å². The zero-order chi connectivity index (χ0) is 28.1. The minimum atomic E-state index is -0.689.